The van der Waals surface area contributed by atoms with Gasteiger partial charge in [-0.2, -0.15) is 5.10 Å². The molecule has 1 saturated carbocycles. The molecule has 6 heteroatoms. The molecule has 3 heterocycles. The SMILES string of the molecule is CCn1nc(C(=O)N2CCC(Oc3ccc(C)cn3)C2)cc1C1CC1. The molecule has 1 atom stereocenters. The lowest BCUT2D eigenvalue weighted by Crippen LogP contribution is -2.31. The second-order valence-corrected chi connectivity index (χ2v) is 7.00. The molecule has 1 aliphatic heterocycles. The Bertz CT molecular complexity index is 764. The Labute approximate surface area is 147 Å². The van der Waals surface area contributed by atoms with Crippen LogP contribution in [0.25, 0.3) is 0 Å². The van der Waals surface area contributed by atoms with Gasteiger partial charge < -0.3 is 9.64 Å². The number of carbonyl (C=O) groups is 1. The van der Waals surface area contributed by atoms with Crippen molar-refractivity contribution in [3.05, 3.63) is 41.3 Å². The Balaban J connectivity index is 1.41. The van der Waals surface area contributed by atoms with Gasteiger partial charge in [0.2, 0.25) is 5.88 Å². The smallest absolute Gasteiger partial charge is 0.274 e. The lowest BCUT2D eigenvalue weighted by molar-refractivity contribution is 0.0764. The fourth-order valence-corrected chi connectivity index (χ4v) is 3.36. The van der Waals surface area contributed by atoms with Crippen LogP contribution < -0.4 is 4.74 Å². The molecule has 2 aromatic rings. The minimum Gasteiger partial charge on any atom is -0.472 e. The first kappa shape index (κ1) is 16.1. The Kier molecular flexibility index (Phi) is 4.19. The van der Waals surface area contributed by atoms with Crippen LogP contribution in [0.5, 0.6) is 5.88 Å². The summed E-state index contributed by atoms with van der Waals surface area (Å²) in [7, 11) is 0. The third-order valence-corrected chi connectivity index (χ3v) is 4.93. The normalized spacial score (nSPS) is 20.1. The molecule has 1 saturated heterocycles. The number of ether oxygens (including phenoxy) is 1. The first-order valence-corrected chi connectivity index (χ1v) is 9.10. The maximum absolute atomic E-state index is 12.8. The van der Waals surface area contributed by atoms with E-state index in [1.165, 1.54) is 18.5 Å². The molecule has 4 rings (SSSR count). The summed E-state index contributed by atoms with van der Waals surface area (Å²) in [5.41, 5.74) is 2.88. The fraction of sp³-hybridized carbons (Fsp3) is 0.526. The van der Waals surface area contributed by atoms with Crippen LogP contribution in [-0.2, 0) is 6.54 Å². The van der Waals surface area contributed by atoms with Crippen molar-refractivity contribution in [2.75, 3.05) is 13.1 Å². The highest BCUT2D eigenvalue weighted by atomic mass is 16.5. The maximum atomic E-state index is 12.8. The highest BCUT2D eigenvalue weighted by molar-refractivity contribution is 5.92. The fourth-order valence-electron chi connectivity index (χ4n) is 3.36. The van der Waals surface area contributed by atoms with Gasteiger partial charge in [0, 0.05) is 43.4 Å². The highest BCUT2D eigenvalue weighted by Crippen LogP contribution is 2.40. The van der Waals surface area contributed by atoms with Gasteiger partial charge in [-0.3, -0.25) is 9.48 Å². The summed E-state index contributed by atoms with van der Waals surface area (Å²) in [6.07, 6.45) is 5.04. The third kappa shape index (κ3) is 3.38. The minimum atomic E-state index is -0.00433. The van der Waals surface area contributed by atoms with Crippen molar-refractivity contribution in [3.8, 4) is 5.88 Å². The van der Waals surface area contributed by atoms with Gasteiger partial charge in [-0.15, -0.1) is 0 Å². The zero-order valence-corrected chi connectivity index (χ0v) is 14.8. The van der Waals surface area contributed by atoms with Gasteiger partial charge in [0.15, 0.2) is 5.69 Å². The van der Waals surface area contributed by atoms with Crippen molar-refractivity contribution in [1.82, 2.24) is 19.7 Å². The van der Waals surface area contributed by atoms with E-state index >= 15 is 0 Å². The summed E-state index contributed by atoms with van der Waals surface area (Å²) in [5.74, 6) is 1.23. The van der Waals surface area contributed by atoms with E-state index in [9.17, 15) is 4.79 Å². The van der Waals surface area contributed by atoms with Crippen molar-refractivity contribution in [1.29, 1.82) is 0 Å². The van der Waals surface area contributed by atoms with Gasteiger partial charge in [-0.25, -0.2) is 4.98 Å². The standard InChI is InChI=1S/C19H24N4O2/c1-3-23-17(14-5-6-14)10-16(21-23)19(24)22-9-8-15(12-22)25-18-7-4-13(2)11-20-18/h4,7,10-11,14-15H,3,5-6,8-9,12H2,1-2H3. The molecule has 0 bridgehead atoms. The zero-order chi connectivity index (χ0) is 17.4. The molecule has 2 aliphatic rings. The number of carbonyl (C=O) groups excluding carboxylic acids is 1. The molecule has 0 radical (unpaired) electrons. The van der Waals surface area contributed by atoms with E-state index < -0.39 is 0 Å². The van der Waals surface area contributed by atoms with Gasteiger partial charge in [0.1, 0.15) is 6.10 Å². The van der Waals surface area contributed by atoms with Crippen molar-refractivity contribution in [2.45, 2.75) is 51.7 Å². The maximum Gasteiger partial charge on any atom is 0.274 e. The Morgan fingerprint density at radius 3 is 2.84 bits per heavy atom. The summed E-state index contributed by atoms with van der Waals surface area (Å²) < 4.78 is 7.89. The van der Waals surface area contributed by atoms with Crippen molar-refractivity contribution >= 4 is 5.91 Å². The molecule has 0 spiro atoms. The summed E-state index contributed by atoms with van der Waals surface area (Å²) in [4.78, 5) is 18.9. The van der Waals surface area contributed by atoms with Crippen LogP contribution in [0.4, 0.5) is 0 Å². The number of pyridine rings is 1. The number of aromatic nitrogens is 3. The van der Waals surface area contributed by atoms with Crippen LogP contribution in [-0.4, -0.2) is 44.8 Å². The average Bonchev–Trinajstić information content (AvgIpc) is 3.20. The predicted octanol–water partition coefficient (Wildman–Crippen LogP) is 2.78. The number of likely N-dealkylation sites (tertiary alicyclic amines) is 1. The monoisotopic (exact) mass is 340 g/mol. The van der Waals surface area contributed by atoms with Crippen LogP contribution >= 0.6 is 0 Å². The number of hydrogen-bond acceptors (Lipinski definition) is 4. The van der Waals surface area contributed by atoms with Crippen LogP contribution in [0.1, 0.15) is 53.8 Å². The number of rotatable bonds is 5. The number of aryl methyl sites for hydroxylation is 2. The van der Waals surface area contributed by atoms with E-state index in [4.69, 9.17) is 4.74 Å². The summed E-state index contributed by atoms with van der Waals surface area (Å²) in [6.45, 7) is 6.17. The number of nitrogens with zero attached hydrogens (tertiary/aromatic N) is 4. The molecule has 0 N–H and O–H groups in total. The van der Waals surface area contributed by atoms with Crippen LogP contribution in [0.15, 0.2) is 24.4 Å². The Hall–Kier alpha value is -2.37. The van der Waals surface area contributed by atoms with E-state index in [1.54, 1.807) is 6.20 Å². The van der Waals surface area contributed by atoms with Crippen molar-refractivity contribution in [2.24, 2.45) is 0 Å². The van der Waals surface area contributed by atoms with Gasteiger partial charge in [-0.1, -0.05) is 6.07 Å². The second kappa shape index (κ2) is 6.50. The topological polar surface area (TPSA) is 60.2 Å². The molecule has 2 fully saturated rings. The Morgan fingerprint density at radius 1 is 1.32 bits per heavy atom. The highest BCUT2D eigenvalue weighted by Gasteiger charge is 2.32. The molecule has 1 unspecified atom stereocenters. The molecular weight excluding hydrogens is 316 g/mol. The van der Waals surface area contributed by atoms with Gasteiger partial charge >= 0.3 is 0 Å². The predicted molar refractivity (Wildman–Crippen MR) is 93.8 cm³/mol. The van der Waals surface area contributed by atoms with E-state index in [0.29, 0.717) is 30.6 Å². The molecule has 0 aromatic carbocycles. The quantitative estimate of drug-likeness (QED) is 0.840. The molecule has 25 heavy (non-hydrogen) atoms. The average molecular weight is 340 g/mol. The van der Waals surface area contributed by atoms with E-state index in [2.05, 4.69) is 17.0 Å². The molecule has 6 nitrogen and oxygen atoms in total. The van der Waals surface area contributed by atoms with E-state index in [1.807, 2.05) is 34.7 Å². The second-order valence-electron chi connectivity index (χ2n) is 7.00. The van der Waals surface area contributed by atoms with Gasteiger partial charge in [-0.05, 0) is 38.3 Å². The first-order chi connectivity index (χ1) is 12.1. The largest absolute Gasteiger partial charge is 0.472 e. The molecule has 132 valence electrons. The van der Waals surface area contributed by atoms with Crippen molar-refractivity contribution < 1.29 is 9.53 Å². The van der Waals surface area contributed by atoms with E-state index in [-0.39, 0.29) is 12.0 Å². The summed E-state index contributed by atoms with van der Waals surface area (Å²) in [5, 5.41) is 4.53. The summed E-state index contributed by atoms with van der Waals surface area (Å²) in [6, 6.07) is 5.85. The zero-order valence-electron chi connectivity index (χ0n) is 14.8. The van der Waals surface area contributed by atoms with Crippen LogP contribution in [0.3, 0.4) is 0 Å². The van der Waals surface area contributed by atoms with Gasteiger partial charge in [0.25, 0.3) is 5.91 Å². The molecule has 1 aliphatic carbocycles. The third-order valence-electron chi connectivity index (χ3n) is 4.93. The number of hydrogen-bond donors (Lipinski definition) is 0. The molecule has 1 amide bonds. The molecular formula is C19H24N4O2. The lowest BCUT2D eigenvalue weighted by Gasteiger charge is -2.15. The first-order valence-electron chi connectivity index (χ1n) is 9.10. The van der Waals surface area contributed by atoms with Crippen LogP contribution in [0, 0.1) is 6.92 Å². The molecule has 2 aromatic heterocycles. The van der Waals surface area contributed by atoms with Gasteiger partial charge in [0.05, 0.1) is 6.54 Å². The van der Waals surface area contributed by atoms with Crippen LogP contribution in [0.2, 0.25) is 0 Å². The van der Waals surface area contributed by atoms with E-state index in [0.717, 1.165) is 18.5 Å². The number of amides is 1. The Morgan fingerprint density at radius 2 is 2.16 bits per heavy atom. The minimum absolute atomic E-state index is 0.00433. The lowest BCUT2D eigenvalue weighted by atomic mass is 10.2. The van der Waals surface area contributed by atoms with Crippen molar-refractivity contribution in [3.63, 3.8) is 0 Å². The summed E-state index contributed by atoms with van der Waals surface area (Å²) >= 11 is 0.